The predicted octanol–water partition coefficient (Wildman–Crippen LogP) is 0.508. The van der Waals surface area contributed by atoms with Crippen LogP contribution in [0.3, 0.4) is 0 Å². The molecule has 54 valence electrons. The first kappa shape index (κ1) is 7.03. The van der Waals surface area contributed by atoms with Gasteiger partial charge in [-0.3, -0.25) is 0 Å². The first-order chi connectivity index (χ1) is 4.20. The second kappa shape index (κ2) is 2.67. The van der Waals surface area contributed by atoms with Gasteiger partial charge in [0.05, 0.1) is 6.10 Å². The summed E-state index contributed by atoms with van der Waals surface area (Å²) in [6, 6.07) is 0.884. The Morgan fingerprint density at radius 1 is 1.44 bits per heavy atom. The number of rotatable bonds is 2. The molecule has 0 spiro atoms. The smallest absolute Gasteiger partial charge is 0.0693 e. The molecule has 0 radical (unpaired) electrons. The van der Waals surface area contributed by atoms with Crippen molar-refractivity contribution in [1.29, 1.82) is 0 Å². The van der Waals surface area contributed by atoms with Crippen LogP contribution in [-0.4, -0.2) is 23.3 Å². The summed E-state index contributed by atoms with van der Waals surface area (Å²) in [5.74, 6) is 0. The Morgan fingerprint density at radius 3 is 2.22 bits per heavy atom. The van der Waals surface area contributed by atoms with E-state index < -0.39 is 0 Å². The van der Waals surface area contributed by atoms with Gasteiger partial charge in [-0.25, -0.2) is 0 Å². The van der Waals surface area contributed by atoms with Crippen LogP contribution < -0.4 is 5.32 Å². The van der Waals surface area contributed by atoms with Gasteiger partial charge in [0.15, 0.2) is 0 Å². The van der Waals surface area contributed by atoms with Crippen LogP contribution in [0.25, 0.3) is 0 Å². The van der Waals surface area contributed by atoms with E-state index in [0.717, 1.165) is 12.8 Å². The largest absolute Gasteiger partial charge is 0.392 e. The minimum atomic E-state index is -0.0765. The average Bonchev–Trinajstić information content (AvgIpc) is 1.79. The first-order valence-electron chi connectivity index (χ1n) is 3.64. The predicted molar refractivity (Wildman–Crippen MR) is 37.3 cm³/mol. The Balaban J connectivity index is 2.13. The van der Waals surface area contributed by atoms with Crippen molar-refractivity contribution in [2.45, 2.75) is 44.9 Å². The summed E-state index contributed by atoms with van der Waals surface area (Å²) in [6.07, 6.45) is 2.04. The molecule has 0 saturated heterocycles. The van der Waals surface area contributed by atoms with Crippen molar-refractivity contribution >= 4 is 0 Å². The van der Waals surface area contributed by atoms with Crippen molar-refractivity contribution in [1.82, 2.24) is 5.32 Å². The molecule has 0 unspecified atom stereocenters. The third kappa shape index (κ3) is 1.66. The molecular weight excluding hydrogens is 114 g/mol. The highest BCUT2D eigenvalue weighted by Crippen LogP contribution is 2.19. The summed E-state index contributed by atoms with van der Waals surface area (Å²) in [4.78, 5) is 0. The lowest BCUT2D eigenvalue weighted by molar-refractivity contribution is 0.0461. The van der Waals surface area contributed by atoms with Gasteiger partial charge in [0.1, 0.15) is 0 Å². The molecule has 1 fully saturated rings. The van der Waals surface area contributed by atoms with Crippen molar-refractivity contribution in [2.75, 3.05) is 0 Å². The highest BCUT2D eigenvalue weighted by Gasteiger charge is 2.28. The van der Waals surface area contributed by atoms with Crippen LogP contribution in [0, 0.1) is 0 Å². The molecule has 0 aromatic carbocycles. The second-order valence-electron chi connectivity index (χ2n) is 3.07. The van der Waals surface area contributed by atoms with Crippen LogP contribution >= 0.6 is 0 Å². The molecular formula is C7H15NO. The monoisotopic (exact) mass is 129 g/mol. The standard InChI is InChI=1S/C7H15NO/c1-5(2)8-6-3-4-7(6)9/h5-9H,3-4H2,1-2H3/t6-,7+/m0/s1. The van der Waals surface area contributed by atoms with E-state index in [1.165, 1.54) is 0 Å². The van der Waals surface area contributed by atoms with Gasteiger partial charge in [-0.2, -0.15) is 0 Å². The maximum Gasteiger partial charge on any atom is 0.0693 e. The van der Waals surface area contributed by atoms with Gasteiger partial charge in [-0.05, 0) is 12.8 Å². The number of aliphatic hydroxyl groups excluding tert-OH is 1. The minimum Gasteiger partial charge on any atom is -0.392 e. The van der Waals surface area contributed by atoms with Crippen molar-refractivity contribution in [2.24, 2.45) is 0 Å². The quantitative estimate of drug-likeness (QED) is 0.569. The molecule has 9 heavy (non-hydrogen) atoms. The van der Waals surface area contributed by atoms with Crippen LogP contribution in [0.2, 0.25) is 0 Å². The molecule has 1 aliphatic rings. The van der Waals surface area contributed by atoms with Crippen molar-refractivity contribution < 1.29 is 5.11 Å². The zero-order valence-electron chi connectivity index (χ0n) is 6.09. The van der Waals surface area contributed by atoms with Gasteiger partial charge >= 0.3 is 0 Å². The summed E-state index contributed by atoms with van der Waals surface area (Å²) in [5.41, 5.74) is 0. The summed E-state index contributed by atoms with van der Waals surface area (Å²) >= 11 is 0. The maximum atomic E-state index is 9.09. The van der Waals surface area contributed by atoms with Gasteiger partial charge < -0.3 is 10.4 Å². The van der Waals surface area contributed by atoms with E-state index in [1.54, 1.807) is 0 Å². The number of hydrogen-bond donors (Lipinski definition) is 2. The highest BCUT2D eigenvalue weighted by atomic mass is 16.3. The fraction of sp³-hybridized carbons (Fsp3) is 1.00. The Morgan fingerprint density at radius 2 is 2.11 bits per heavy atom. The third-order valence-corrected chi connectivity index (χ3v) is 1.79. The van der Waals surface area contributed by atoms with Crippen LogP contribution in [0.15, 0.2) is 0 Å². The molecule has 2 heteroatoms. The molecule has 0 aromatic heterocycles. The number of aliphatic hydroxyl groups is 1. The van der Waals surface area contributed by atoms with E-state index in [9.17, 15) is 0 Å². The zero-order valence-corrected chi connectivity index (χ0v) is 6.09. The van der Waals surface area contributed by atoms with E-state index in [-0.39, 0.29) is 6.10 Å². The Kier molecular flexibility index (Phi) is 2.09. The lowest BCUT2D eigenvalue weighted by Gasteiger charge is -2.34. The Labute approximate surface area is 56.3 Å². The molecule has 1 aliphatic carbocycles. The normalized spacial score (nSPS) is 34.7. The molecule has 1 saturated carbocycles. The van der Waals surface area contributed by atoms with Gasteiger partial charge in [-0.15, -0.1) is 0 Å². The first-order valence-corrected chi connectivity index (χ1v) is 3.64. The van der Waals surface area contributed by atoms with E-state index >= 15 is 0 Å². The average molecular weight is 129 g/mol. The SMILES string of the molecule is CC(C)N[C@H]1CC[C@H]1O. The van der Waals surface area contributed by atoms with Crippen LogP contribution in [0.4, 0.5) is 0 Å². The van der Waals surface area contributed by atoms with Crippen molar-refractivity contribution in [3.05, 3.63) is 0 Å². The molecule has 0 bridgehead atoms. The zero-order chi connectivity index (χ0) is 6.85. The molecule has 0 heterocycles. The third-order valence-electron chi connectivity index (χ3n) is 1.79. The lowest BCUT2D eigenvalue weighted by atomic mass is 9.89. The molecule has 2 N–H and O–H groups in total. The maximum absolute atomic E-state index is 9.09. The Bertz CT molecular complexity index is 92.9. The molecule has 2 atom stereocenters. The van der Waals surface area contributed by atoms with Crippen LogP contribution in [0.5, 0.6) is 0 Å². The van der Waals surface area contributed by atoms with E-state index in [1.807, 2.05) is 0 Å². The molecule has 0 amide bonds. The topological polar surface area (TPSA) is 32.3 Å². The highest BCUT2D eigenvalue weighted by molar-refractivity contribution is 4.86. The van der Waals surface area contributed by atoms with E-state index in [4.69, 9.17) is 5.11 Å². The van der Waals surface area contributed by atoms with Gasteiger partial charge in [-0.1, -0.05) is 13.8 Å². The van der Waals surface area contributed by atoms with Crippen LogP contribution in [-0.2, 0) is 0 Å². The van der Waals surface area contributed by atoms with E-state index in [0.29, 0.717) is 12.1 Å². The van der Waals surface area contributed by atoms with Crippen molar-refractivity contribution in [3.8, 4) is 0 Å². The van der Waals surface area contributed by atoms with Crippen LogP contribution in [0.1, 0.15) is 26.7 Å². The molecule has 1 rings (SSSR count). The van der Waals surface area contributed by atoms with Gasteiger partial charge in [0, 0.05) is 12.1 Å². The number of nitrogens with one attached hydrogen (secondary N) is 1. The molecule has 0 aromatic rings. The van der Waals surface area contributed by atoms with E-state index in [2.05, 4.69) is 19.2 Å². The van der Waals surface area contributed by atoms with Gasteiger partial charge in [0.25, 0.3) is 0 Å². The summed E-state index contributed by atoms with van der Waals surface area (Å²) in [5, 5.41) is 12.4. The molecule has 0 aliphatic heterocycles. The summed E-state index contributed by atoms with van der Waals surface area (Å²) in [6.45, 7) is 4.20. The number of hydrogen-bond acceptors (Lipinski definition) is 2. The lowest BCUT2D eigenvalue weighted by Crippen LogP contribution is -2.50. The minimum absolute atomic E-state index is 0.0765. The van der Waals surface area contributed by atoms with Crippen molar-refractivity contribution in [3.63, 3.8) is 0 Å². The van der Waals surface area contributed by atoms with Gasteiger partial charge in [0.2, 0.25) is 0 Å². The summed E-state index contributed by atoms with van der Waals surface area (Å²) in [7, 11) is 0. The fourth-order valence-corrected chi connectivity index (χ4v) is 1.10. The second-order valence-corrected chi connectivity index (χ2v) is 3.07. The summed E-state index contributed by atoms with van der Waals surface area (Å²) < 4.78 is 0. The Hall–Kier alpha value is -0.0800. The fourth-order valence-electron chi connectivity index (χ4n) is 1.10. The molecule has 2 nitrogen and oxygen atoms in total.